The Balaban J connectivity index is 0.00000353. The predicted molar refractivity (Wildman–Crippen MR) is 152 cm³/mol. The van der Waals surface area contributed by atoms with Crippen molar-refractivity contribution in [2.24, 2.45) is 0 Å². The molecule has 2 aliphatic heterocycles. The summed E-state index contributed by atoms with van der Waals surface area (Å²) in [5.41, 5.74) is 3.69. The minimum absolute atomic E-state index is 0. The number of fused-ring (bicyclic) bond motifs is 3. The molecule has 1 fully saturated rings. The van der Waals surface area contributed by atoms with Gasteiger partial charge in [0.1, 0.15) is 31.4 Å². The summed E-state index contributed by atoms with van der Waals surface area (Å²) in [7, 11) is -2.52. The maximum Gasteiger partial charge on any atom is 1.00 e. The number of para-hydroxylation sites is 1. The second-order valence-corrected chi connectivity index (χ2v) is 13.5. The van der Waals surface area contributed by atoms with Gasteiger partial charge in [0.15, 0.2) is 17.3 Å². The molecule has 0 aliphatic carbocycles. The third-order valence-electron chi connectivity index (χ3n) is 6.87. The van der Waals surface area contributed by atoms with Crippen molar-refractivity contribution in [2.45, 2.75) is 13.0 Å². The first-order valence-electron chi connectivity index (χ1n) is 12.4. The number of rotatable bonds is 6. The number of carbonyl (C=O) groups excluding carboxylic acids is 1. The molecule has 2 aromatic carbocycles. The molecule has 1 saturated heterocycles. The monoisotopic (exact) mass is 686 g/mol. The van der Waals surface area contributed by atoms with Gasteiger partial charge in [-0.3, -0.25) is 9.69 Å². The number of nitrogens with zero attached hydrogens (tertiary/aromatic N) is 3. The Labute approximate surface area is 292 Å². The van der Waals surface area contributed by atoms with Gasteiger partial charge in [0, 0.05) is 22.6 Å². The van der Waals surface area contributed by atoms with Gasteiger partial charge in [0.2, 0.25) is 11.9 Å². The third-order valence-corrected chi connectivity index (χ3v) is 8.70. The zero-order valence-corrected chi connectivity index (χ0v) is 30.6. The predicted octanol–water partition coefficient (Wildman–Crippen LogP) is 0.483. The molecule has 39 heavy (non-hydrogen) atoms. The molecule has 2 atom stereocenters. The van der Waals surface area contributed by atoms with Crippen LogP contribution in [-0.2, 0) is 9.36 Å². The van der Waals surface area contributed by atoms with E-state index in [4.69, 9.17) is 16.3 Å². The summed E-state index contributed by atoms with van der Waals surface area (Å²) in [5, 5.41) is 7.56. The molecule has 2 aliphatic rings. The van der Waals surface area contributed by atoms with Crippen LogP contribution in [0, 0.1) is 6.92 Å². The number of benzene rings is 2. The van der Waals surface area contributed by atoms with Crippen molar-refractivity contribution in [2.75, 3.05) is 50.2 Å². The Morgan fingerprint density at radius 1 is 1.28 bits per heavy atom. The number of aryl methyl sites for hydroxylation is 1. The normalized spacial score (nSPS) is 18.1. The third kappa shape index (κ3) is 6.77. The van der Waals surface area contributed by atoms with Crippen LogP contribution in [-0.4, -0.2) is 66.4 Å². The molecule has 3 heterocycles. The van der Waals surface area contributed by atoms with Gasteiger partial charge >= 0.3 is 68.9 Å². The largest absolute Gasteiger partial charge is 1.00 e. The maximum absolute atomic E-state index is 12.8. The molecule has 198 valence electrons. The van der Waals surface area contributed by atoms with E-state index in [9.17, 15) is 9.36 Å². The first-order chi connectivity index (χ1) is 18.1. The molecule has 5 rings (SSSR count). The van der Waals surface area contributed by atoms with Crippen LogP contribution in [0.3, 0.4) is 0 Å². The van der Waals surface area contributed by atoms with Gasteiger partial charge in [-0.2, -0.15) is 4.98 Å². The fourth-order valence-electron chi connectivity index (χ4n) is 5.10. The van der Waals surface area contributed by atoms with Crippen LogP contribution in [0.15, 0.2) is 55.3 Å². The van der Waals surface area contributed by atoms with E-state index in [0.29, 0.717) is 42.2 Å². The van der Waals surface area contributed by atoms with E-state index in [1.54, 1.807) is 13.3 Å². The number of carbonyl (C=O) groups is 1. The van der Waals surface area contributed by atoms with E-state index in [-0.39, 0.29) is 80.8 Å². The minimum atomic E-state index is -2.52. The van der Waals surface area contributed by atoms with E-state index in [0.717, 1.165) is 34.5 Å². The molecule has 1 aromatic heterocycles. The molecule has 12 heteroatoms. The van der Waals surface area contributed by atoms with Gasteiger partial charge in [-0.25, -0.2) is 4.98 Å². The first kappa shape index (κ1) is 30.6. The van der Waals surface area contributed by atoms with Gasteiger partial charge in [0.05, 0.1) is 25.0 Å². The summed E-state index contributed by atoms with van der Waals surface area (Å²) < 4.78 is 18.9. The van der Waals surface area contributed by atoms with Crippen LogP contribution < -0.4 is 94.5 Å². The van der Waals surface area contributed by atoms with Gasteiger partial charge in [-0.1, -0.05) is 30.3 Å². The van der Waals surface area contributed by atoms with Crippen LogP contribution >= 0.6 is 18.7 Å². The number of hydrogen-bond donors (Lipinski definition) is 3. The quantitative estimate of drug-likeness (QED) is 0.257. The zero-order chi connectivity index (χ0) is 27.0. The Kier molecular flexibility index (Phi) is 9.95. The van der Waals surface area contributed by atoms with E-state index >= 15 is 0 Å². The Hall–Kier alpha value is -1.34. The summed E-state index contributed by atoms with van der Waals surface area (Å²) >= 11 is 6.40. The van der Waals surface area contributed by atoms with E-state index < -0.39 is 7.14 Å². The van der Waals surface area contributed by atoms with E-state index in [1.807, 2.05) is 41.3 Å². The van der Waals surface area contributed by atoms with Crippen molar-refractivity contribution < 1.29 is 87.9 Å². The van der Waals surface area contributed by atoms with Crippen LogP contribution in [0.1, 0.15) is 5.56 Å². The van der Waals surface area contributed by atoms with Crippen LogP contribution in [0.25, 0.3) is 0 Å². The molecule has 3 N–H and O–H groups in total. The van der Waals surface area contributed by atoms with E-state index in [2.05, 4.69) is 34.1 Å². The Morgan fingerprint density at radius 2 is 2.05 bits per heavy atom. The van der Waals surface area contributed by atoms with Crippen LogP contribution in [0.4, 0.5) is 28.8 Å². The van der Waals surface area contributed by atoms with Crippen LogP contribution in [0.2, 0.25) is 5.02 Å². The molecule has 9 nitrogen and oxygen atoms in total. The average Bonchev–Trinajstić information content (AvgIpc) is 2.89. The smallest absolute Gasteiger partial charge is 0.481 e. The number of aromatic nitrogens is 2. The van der Waals surface area contributed by atoms with Crippen molar-refractivity contribution in [3.05, 3.63) is 65.8 Å². The molecule has 0 spiro atoms. The average molecular weight is 687 g/mol. The topological polar surface area (TPSA) is 101 Å². The summed E-state index contributed by atoms with van der Waals surface area (Å²) in [5.74, 6) is 1.55. The number of amides is 1. The Bertz CT molecular complexity index is 1470. The van der Waals surface area contributed by atoms with Crippen molar-refractivity contribution >= 4 is 58.8 Å². The number of anilines is 4. The number of halogens is 1. The SMILES string of the molecule is C=CC(=O)N1CC[NH+]2c3c(C)cc(Nc4ncc(Cl)c(Nc5ccccc5P(C)(C)=O)n4)cc3OCC2C1.[Cs+]. The number of ether oxygens (including phenoxy) is 1. The molecule has 2 unspecified atom stereocenters. The molecular weight excluding hydrogens is 656 g/mol. The summed E-state index contributed by atoms with van der Waals surface area (Å²) in [6.07, 6.45) is 2.90. The number of hydrogen-bond acceptors (Lipinski definition) is 7. The van der Waals surface area contributed by atoms with Crippen molar-refractivity contribution in [3.8, 4) is 5.75 Å². The number of nitrogens with one attached hydrogen (secondary N) is 3. The van der Waals surface area contributed by atoms with Crippen molar-refractivity contribution in [3.63, 3.8) is 0 Å². The molecule has 0 bridgehead atoms. The van der Waals surface area contributed by atoms with Crippen LogP contribution in [0.5, 0.6) is 5.75 Å². The molecule has 0 saturated carbocycles. The standard InChI is InChI=1S/C27H30ClN6O3P.Cs/c1-5-24(35)33-10-11-34-19(15-33)16-37-22-13-18(12-17(2)25(22)34)30-27-29-14-20(28)26(32-27)31-21-8-6-7-9-23(21)38(3,4)36;/h5-9,12-14,19H,1,10-11,15-16H2,2-4H3,(H2,29,30,31,32);/q;+1/p+1. The first-order valence-corrected chi connectivity index (χ1v) is 15.4. The van der Waals surface area contributed by atoms with Crippen molar-refractivity contribution in [1.82, 2.24) is 14.9 Å². The molecular formula is C27H31ClCsN6O3P+2. The molecule has 3 aromatic rings. The Morgan fingerprint density at radius 3 is 2.79 bits per heavy atom. The van der Waals surface area contributed by atoms with Gasteiger partial charge in [0.25, 0.3) is 0 Å². The maximum atomic E-state index is 12.8. The van der Waals surface area contributed by atoms with Gasteiger partial charge in [-0.05, 0) is 44.5 Å². The number of quaternary nitrogens is 1. The summed E-state index contributed by atoms with van der Waals surface area (Å²) in [4.78, 5) is 24.2. The molecule has 0 radical (unpaired) electrons. The minimum Gasteiger partial charge on any atom is -0.481 e. The van der Waals surface area contributed by atoms with E-state index in [1.165, 1.54) is 17.2 Å². The fourth-order valence-corrected chi connectivity index (χ4v) is 6.40. The fraction of sp³-hybridized carbons (Fsp3) is 0.296. The zero-order valence-electron chi connectivity index (χ0n) is 22.6. The summed E-state index contributed by atoms with van der Waals surface area (Å²) in [6, 6.07) is 11.6. The van der Waals surface area contributed by atoms with Gasteiger partial charge < -0.3 is 24.8 Å². The second kappa shape index (κ2) is 12.7. The summed E-state index contributed by atoms with van der Waals surface area (Å²) in [6.45, 7) is 11.8. The van der Waals surface area contributed by atoms with Crippen molar-refractivity contribution in [1.29, 1.82) is 0 Å². The molecule has 1 amide bonds. The van der Waals surface area contributed by atoms with Gasteiger partial charge in [-0.15, -0.1) is 0 Å². The number of piperazine rings is 1. The second-order valence-electron chi connectivity index (χ2n) is 9.95.